The van der Waals surface area contributed by atoms with Gasteiger partial charge in [-0.25, -0.2) is 14.3 Å². The molecule has 0 aliphatic heterocycles. The van der Waals surface area contributed by atoms with Gasteiger partial charge in [-0.15, -0.1) is 0 Å². The molecule has 0 saturated heterocycles. The van der Waals surface area contributed by atoms with Crippen molar-refractivity contribution >= 4 is 5.65 Å². The van der Waals surface area contributed by atoms with Crippen molar-refractivity contribution in [3.05, 3.63) is 39.0 Å². The summed E-state index contributed by atoms with van der Waals surface area (Å²) in [6.45, 7) is 0. The van der Waals surface area contributed by atoms with Crippen molar-refractivity contribution in [1.82, 2.24) is 14.6 Å². The largest absolute Gasteiger partial charge is 0.348 e. The molecule has 0 aromatic carbocycles. The summed E-state index contributed by atoms with van der Waals surface area (Å²) in [6, 6.07) is 4.55. The normalized spacial score (nSPS) is 10.5. The maximum absolute atomic E-state index is 11.0. The molecule has 0 aliphatic carbocycles. The summed E-state index contributed by atoms with van der Waals surface area (Å²) in [5, 5.41) is 4.85. The van der Waals surface area contributed by atoms with Crippen molar-refractivity contribution in [3.63, 3.8) is 0 Å². The van der Waals surface area contributed by atoms with Crippen molar-refractivity contribution in [1.29, 1.82) is 0 Å². The Morgan fingerprint density at radius 2 is 2.00 bits per heavy atom. The zero-order chi connectivity index (χ0) is 7.84. The van der Waals surface area contributed by atoms with Crippen LogP contribution in [0, 0.1) is 0 Å². The first-order valence-electron chi connectivity index (χ1n) is 3.07. The van der Waals surface area contributed by atoms with Gasteiger partial charge >= 0.3 is 5.69 Å². The number of aromatic amines is 2. The molecule has 0 saturated carbocycles. The maximum Gasteiger partial charge on any atom is 0.348 e. The molecule has 0 amide bonds. The SMILES string of the molecule is O=c1cccc2[nH][nH]c(=O)n12. The Morgan fingerprint density at radius 1 is 1.18 bits per heavy atom. The molecule has 2 aromatic heterocycles. The van der Waals surface area contributed by atoms with Crippen LogP contribution >= 0.6 is 0 Å². The first kappa shape index (κ1) is 5.96. The molecule has 5 heteroatoms. The lowest BCUT2D eigenvalue weighted by Gasteiger charge is -1.84. The van der Waals surface area contributed by atoms with Crippen molar-refractivity contribution in [3.8, 4) is 0 Å². The Labute approximate surface area is 60.3 Å². The van der Waals surface area contributed by atoms with Crippen molar-refractivity contribution in [2.45, 2.75) is 0 Å². The van der Waals surface area contributed by atoms with Gasteiger partial charge in [0, 0.05) is 6.07 Å². The van der Waals surface area contributed by atoms with E-state index in [1.165, 1.54) is 6.07 Å². The van der Waals surface area contributed by atoms with Crippen LogP contribution in [0.1, 0.15) is 0 Å². The van der Waals surface area contributed by atoms with E-state index >= 15 is 0 Å². The van der Waals surface area contributed by atoms with Gasteiger partial charge in [0.25, 0.3) is 5.56 Å². The topological polar surface area (TPSA) is 70.1 Å². The van der Waals surface area contributed by atoms with E-state index in [-0.39, 0.29) is 5.56 Å². The molecule has 11 heavy (non-hydrogen) atoms. The minimum Gasteiger partial charge on any atom is -0.281 e. The number of H-pyrrole nitrogens is 2. The molecule has 56 valence electrons. The van der Waals surface area contributed by atoms with Crippen molar-refractivity contribution < 1.29 is 0 Å². The van der Waals surface area contributed by atoms with Gasteiger partial charge < -0.3 is 0 Å². The van der Waals surface area contributed by atoms with Crippen LogP contribution < -0.4 is 11.2 Å². The third kappa shape index (κ3) is 0.706. The molecule has 2 rings (SSSR count). The van der Waals surface area contributed by atoms with Crippen molar-refractivity contribution in [2.24, 2.45) is 0 Å². The molecular weight excluding hydrogens is 146 g/mol. The van der Waals surface area contributed by atoms with E-state index < -0.39 is 5.69 Å². The third-order valence-corrected chi connectivity index (χ3v) is 1.45. The van der Waals surface area contributed by atoms with Crippen LogP contribution in [0.4, 0.5) is 0 Å². The molecule has 0 fully saturated rings. The Bertz CT molecular complexity index is 490. The highest BCUT2D eigenvalue weighted by Gasteiger charge is 1.97. The predicted octanol–water partition coefficient (Wildman–Crippen LogP) is -0.684. The highest BCUT2D eigenvalue weighted by molar-refractivity contribution is 5.34. The predicted molar refractivity (Wildman–Crippen MR) is 38.6 cm³/mol. The number of hydrogen-bond acceptors (Lipinski definition) is 2. The molecule has 2 aromatic rings. The zero-order valence-electron chi connectivity index (χ0n) is 5.50. The number of fused-ring (bicyclic) bond motifs is 1. The van der Waals surface area contributed by atoms with Crippen molar-refractivity contribution in [2.75, 3.05) is 0 Å². The van der Waals surface area contributed by atoms with Gasteiger partial charge in [-0.05, 0) is 6.07 Å². The fourth-order valence-electron chi connectivity index (χ4n) is 0.970. The molecule has 2 heterocycles. The van der Waals surface area contributed by atoms with E-state index in [0.29, 0.717) is 5.65 Å². The second kappa shape index (κ2) is 1.85. The van der Waals surface area contributed by atoms with E-state index in [9.17, 15) is 9.59 Å². The molecule has 0 unspecified atom stereocenters. The number of aromatic nitrogens is 3. The fraction of sp³-hybridized carbons (Fsp3) is 0. The summed E-state index contributed by atoms with van der Waals surface area (Å²) < 4.78 is 1.03. The second-order valence-corrected chi connectivity index (χ2v) is 2.14. The van der Waals surface area contributed by atoms with Crippen LogP contribution in [0.15, 0.2) is 27.8 Å². The van der Waals surface area contributed by atoms with Crippen LogP contribution in [-0.4, -0.2) is 14.6 Å². The summed E-state index contributed by atoms with van der Waals surface area (Å²) in [5.41, 5.74) is -0.293. The van der Waals surface area contributed by atoms with Gasteiger partial charge in [0.2, 0.25) is 0 Å². The maximum atomic E-state index is 11.0. The smallest absolute Gasteiger partial charge is 0.281 e. The fourth-order valence-corrected chi connectivity index (χ4v) is 0.970. The quantitative estimate of drug-likeness (QED) is 0.523. The molecule has 0 bridgehead atoms. The average Bonchev–Trinajstić information content (AvgIpc) is 2.34. The van der Waals surface area contributed by atoms with Crippen LogP contribution in [0.5, 0.6) is 0 Å². The standard InChI is InChI=1S/C6H5N3O2/c10-5-3-1-2-4-7-8-6(11)9(4)5/h1-3,7H,(H,8,11). The Morgan fingerprint density at radius 3 is 2.73 bits per heavy atom. The highest BCUT2D eigenvalue weighted by atomic mass is 16.2. The van der Waals surface area contributed by atoms with Gasteiger partial charge in [0.1, 0.15) is 5.65 Å². The lowest BCUT2D eigenvalue weighted by Crippen LogP contribution is -2.22. The molecule has 5 nitrogen and oxygen atoms in total. The van der Waals surface area contributed by atoms with E-state index in [2.05, 4.69) is 10.2 Å². The summed E-state index contributed by atoms with van der Waals surface area (Å²) in [4.78, 5) is 21.9. The second-order valence-electron chi connectivity index (χ2n) is 2.14. The Balaban J connectivity index is 3.21. The minimum atomic E-state index is -0.439. The first-order valence-corrected chi connectivity index (χ1v) is 3.07. The zero-order valence-corrected chi connectivity index (χ0v) is 5.50. The molecule has 0 aliphatic rings. The van der Waals surface area contributed by atoms with Gasteiger partial charge in [-0.1, -0.05) is 6.07 Å². The van der Waals surface area contributed by atoms with E-state index in [4.69, 9.17) is 0 Å². The molecule has 0 radical (unpaired) electrons. The number of rotatable bonds is 0. The van der Waals surface area contributed by atoms with Crippen LogP contribution in [-0.2, 0) is 0 Å². The minimum absolute atomic E-state index is 0.329. The summed E-state index contributed by atoms with van der Waals surface area (Å²) in [5.74, 6) is 0. The first-order chi connectivity index (χ1) is 5.29. The van der Waals surface area contributed by atoms with Crippen LogP contribution in [0.3, 0.4) is 0 Å². The Hall–Kier alpha value is -1.78. The number of nitrogens with one attached hydrogen (secondary N) is 2. The monoisotopic (exact) mass is 151 g/mol. The van der Waals surface area contributed by atoms with E-state index in [0.717, 1.165) is 4.40 Å². The van der Waals surface area contributed by atoms with Crippen LogP contribution in [0.2, 0.25) is 0 Å². The number of hydrogen-bond donors (Lipinski definition) is 2. The van der Waals surface area contributed by atoms with E-state index in [1.807, 2.05) is 0 Å². The van der Waals surface area contributed by atoms with Gasteiger partial charge in [-0.2, -0.15) is 0 Å². The highest BCUT2D eigenvalue weighted by Crippen LogP contribution is 1.86. The summed E-state index contributed by atoms with van der Waals surface area (Å²) >= 11 is 0. The van der Waals surface area contributed by atoms with Gasteiger partial charge in [0.05, 0.1) is 0 Å². The lowest BCUT2D eigenvalue weighted by atomic mass is 10.5. The molecule has 0 spiro atoms. The Kier molecular flexibility index (Phi) is 1.00. The number of pyridine rings is 1. The molecular formula is C6H5N3O2. The third-order valence-electron chi connectivity index (χ3n) is 1.45. The van der Waals surface area contributed by atoms with E-state index in [1.54, 1.807) is 12.1 Å². The van der Waals surface area contributed by atoms with Gasteiger partial charge in [0.15, 0.2) is 0 Å². The van der Waals surface area contributed by atoms with Crippen LogP contribution in [0.25, 0.3) is 5.65 Å². The van der Waals surface area contributed by atoms with Gasteiger partial charge in [-0.3, -0.25) is 9.89 Å². The lowest BCUT2D eigenvalue weighted by molar-refractivity contribution is 0.998. The molecule has 2 N–H and O–H groups in total. The average molecular weight is 151 g/mol. The number of nitrogens with zero attached hydrogens (tertiary/aromatic N) is 1. The summed E-state index contributed by atoms with van der Waals surface area (Å²) in [6.07, 6.45) is 0. The summed E-state index contributed by atoms with van der Waals surface area (Å²) in [7, 11) is 0. The molecule has 0 atom stereocenters.